The number of hydrogen-bond donors (Lipinski definition) is 0. The summed E-state index contributed by atoms with van der Waals surface area (Å²) < 4.78 is 0. The predicted molar refractivity (Wildman–Crippen MR) is 108 cm³/mol. The van der Waals surface area contributed by atoms with Crippen molar-refractivity contribution in [2.75, 3.05) is 49.1 Å². The Labute approximate surface area is 160 Å². The molecule has 2 aliphatic heterocycles. The van der Waals surface area contributed by atoms with E-state index in [-0.39, 0.29) is 5.91 Å². The van der Waals surface area contributed by atoms with Crippen molar-refractivity contribution in [1.82, 2.24) is 14.9 Å². The highest BCUT2D eigenvalue weighted by Gasteiger charge is 2.23. The smallest absolute Gasteiger partial charge is 0.256 e. The number of piperazine rings is 1. The molecule has 0 spiro atoms. The van der Waals surface area contributed by atoms with Crippen molar-refractivity contribution in [1.29, 1.82) is 0 Å². The van der Waals surface area contributed by atoms with Gasteiger partial charge in [0.1, 0.15) is 0 Å². The van der Waals surface area contributed by atoms with E-state index < -0.39 is 0 Å². The topological polar surface area (TPSA) is 52.6 Å². The van der Waals surface area contributed by atoms with Gasteiger partial charge in [-0.15, -0.1) is 0 Å². The van der Waals surface area contributed by atoms with Gasteiger partial charge in [-0.05, 0) is 43.9 Å². The summed E-state index contributed by atoms with van der Waals surface area (Å²) in [5, 5.41) is 0. The predicted octanol–water partition coefficient (Wildman–Crippen LogP) is 2.66. The zero-order valence-corrected chi connectivity index (χ0v) is 16.2. The lowest BCUT2D eigenvalue weighted by Gasteiger charge is -2.37. The van der Waals surface area contributed by atoms with E-state index in [1.54, 1.807) is 12.4 Å². The van der Waals surface area contributed by atoms with Crippen LogP contribution in [-0.4, -0.2) is 60.0 Å². The molecule has 3 heterocycles. The Bertz CT molecular complexity index is 806. The number of aromatic nitrogens is 2. The molecule has 0 radical (unpaired) electrons. The molecule has 0 aliphatic carbocycles. The number of nitrogens with zero attached hydrogens (tertiary/aromatic N) is 5. The number of likely N-dealkylation sites (tertiary alicyclic amines) is 1. The van der Waals surface area contributed by atoms with Crippen LogP contribution < -0.4 is 9.80 Å². The third-order valence-electron chi connectivity index (χ3n) is 5.76. The first-order valence-corrected chi connectivity index (χ1v) is 9.81. The SMILES string of the molecule is Cc1cccc(N2CCN(c3ncc(C(=O)N4CCCC4)cn3)CC2)c1C. The third-order valence-corrected chi connectivity index (χ3v) is 5.76. The summed E-state index contributed by atoms with van der Waals surface area (Å²) >= 11 is 0. The summed E-state index contributed by atoms with van der Waals surface area (Å²) in [4.78, 5) is 27.9. The first-order valence-electron chi connectivity index (χ1n) is 9.81. The molecule has 2 aromatic rings. The van der Waals surface area contributed by atoms with Crippen molar-refractivity contribution in [2.24, 2.45) is 0 Å². The molecule has 1 amide bonds. The molecular formula is C21H27N5O. The fraction of sp³-hybridized carbons (Fsp3) is 0.476. The molecule has 0 atom stereocenters. The Kier molecular flexibility index (Phi) is 4.97. The van der Waals surface area contributed by atoms with Gasteiger partial charge < -0.3 is 14.7 Å². The van der Waals surface area contributed by atoms with Gasteiger partial charge >= 0.3 is 0 Å². The number of rotatable bonds is 3. The minimum atomic E-state index is 0.0544. The lowest BCUT2D eigenvalue weighted by Crippen LogP contribution is -2.47. The van der Waals surface area contributed by atoms with Crippen LogP contribution in [0.2, 0.25) is 0 Å². The van der Waals surface area contributed by atoms with E-state index >= 15 is 0 Å². The van der Waals surface area contributed by atoms with Gasteiger partial charge in [0.2, 0.25) is 5.95 Å². The summed E-state index contributed by atoms with van der Waals surface area (Å²) in [7, 11) is 0. The van der Waals surface area contributed by atoms with Crippen LogP contribution in [0.1, 0.15) is 34.3 Å². The number of anilines is 2. The fourth-order valence-corrected chi connectivity index (χ4v) is 3.92. The minimum Gasteiger partial charge on any atom is -0.368 e. The first-order chi connectivity index (χ1) is 13.1. The highest BCUT2D eigenvalue weighted by Crippen LogP contribution is 2.24. The lowest BCUT2D eigenvalue weighted by molar-refractivity contribution is 0.0792. The van der Waals surface area contributed by atoms with Crippen LogP contribution >= 0.6 is 0 Å². The molecule has 0 N–H and O–H groups in total. The Morgan fingerprint density at radius 1 is 0.889 bits per heavy atom. The van der Waals surface area contributed by atoms with E-state index in [9.17, 15) is 4.79 Å². The van der Waals surface area contributed by atoms with Gasteiger partial charge in [-0.25, -0.2) is 9.97 Å². The second-order valence-corrected chi connectivity index (χ2v) is 7.46. The molecule has 2 aliphatic rings. The molecule has 0 unspecified atom stereocenters. The fourth-order valence-electron chi connectivity index (χ4n) is 3.92. The van der Waals surface area contributed by atoms with Gasteiger partial charge in [-0.3, -0.25) is 4.79 Å². The average Bonchev–Trinajstić information content (AvgIpc) is 3.25. The van der Waals surface area contributed by atoms with Crippen LogP contribution in [0.5, 0.6) is 0 Å². The van der Waals surface area contributed by atoms with Gasteiger partial charge in [0.05, 0.1) is 5.56 Å². The molecule has 0 bridgehead atoms. The monoisotopic (exact) mass is 365 g/mol. The number of amides is 1. The molecule has 6 heteroatoms. The Morgan fingerprint density at radius 2 is 1.52 bits per heavy atom. The molecule has 142 valence electrons. The van der Waals surface area contributed by atoms with Crippen LogP contribution in [0.15, 0.2) is 30.6 Å². The maximum Gasteiger partial charge on any atom is 0.256 e. The van der Waals surface area contributed by atoms with Gasteiger partial charge in [0.25, 0.3) is 5.91 Å². The van der Waals surface area contributed by atoms with E-state index in [4.69, 9.17) is 0 Å². The zero-order chi connectivity index (χ0) is 18.8. The molecule has 27 heavy (non-hydrogen) atoms. The van der Waals surface area contributed by atoms with Crippen molar-refractivity contribution in [3.8, 4) is 0 Å². The van der Waals surface area contributed by atoms with E-state index in [0.29, 0.717) is 11.5 Å². The highest BCUT2D eigenvalue weighted by atomic mass is 16.2. The zero-order valence-electron chi connectivity index (χ0n) is 16.2. The Balaban J connectivity index is 1.39. The van der Waals surface area contributed by atoms with Crippen molar-refractivity contribution < 1.29 is 4.79 Å². The van der Waals surface area contributed by atoms with Crippen LogP contribution in [0.25, 0.3) is 0 Å². The molecule has 1 aromatic heterocycles. The Morgan fingerprint density at radius 3 is 2.19 bits per heavy atom. The maximum atomic E-state index is 12.4. The van der Waals surface area contributed by atoms with Gasteiger partial charge in [-0.1, -0.05) is 12.1 Å². The second kappa shape index (κ2) is 7.55. The van der Waals surface area contributed by atoms with Crippen LogP contribution in [0.4, 0.5) is 11.6 Å². The van der Waals surface area contributed by atoms with Crippen molar-refractivity contribution in [3.05, 3.63) is 47.3 Å². The van der Waals surface area contributed by atoms with E-state index in [1.807, 2.05) is 4.90 Å². The van der Waals surface area contributed by atoms with Crippen LogP contribution in [-0.2, 0) is 0 Å². The number of hydrogen-bond acceptors (Lipinski definition) is 5. The number of carbonyl (C=O) groups excluding carboxylic acids is 1. The Hall–Kier alpha value is -2.63. The largest absolute Gasteiger partial charge is 0.368 e. The standard InChI is InChI=1S/C21H27N5O/c1-16-6-5-7-19(17(16)2)24-10-12-26(13-11-24)21-22-14-18(15-23-21)20(27)25-8-3-4-9-25/h5-7,14-15H,3-4,8-13H2,1-2H3. The minimum absolute atomic E-state index is 0.0544. The second-order valence-electron chi connectivity index (χ2n) is 7.46. The van der Waals surface area contributed by atoms with Gasteiger partial charge in [-0.2, -0.15) is 0 Å². The van der Waals surface area contributed by atoms with Crippen LogP contribution in [0, 0.1) is 13.8 Å². The molecule has 1 aromatic carbocycles. The lowest BCUT2D eigenvalue weighted by atomic mass is 10.1. The molecule has 0 saturated carbocycles. The summed E-state index contributed by atoms with van der Waals surface area (Å²) in [5.74, 6) is 0.771. The highest BCUT2D eigenvalue weighted by molar-refractivity contribution is 5.93. The normalized spacial score (nSPS) is 17.5. The van der Waals surface area contributed by atoms with E-state index in [2.05, 4.69) is 51.8 Å². The van der Waals surface area contributed by atoms with E-state index in [1.165, 1.54) is 16.8 Å². The quantitative estimate of drug-likeness (QED) is 0.837. The van der Waals surface area contributed by atoms with Crippen molar-refractivity contribution >= 4 is 17.5 Å². The molecular weight excluding hydrogens is 338 g/mol. The first kappa shape index (κ1) is 17.8. The molecule has 4 rings (SSSR count). The van der Waals surface area contributed by atoms with Gasteiger partial charge in [0.15, 0.2) is 0 Å². The number of benzene rings is 1. The van der Waals surface area contributed by atoms with E-state index in [0.717, 1.165) is 52.1 Å². The van der Waals surface area contributed by atoms with Crippen molar-refractivity contribution in [2.45, 2.75) is 26.7 Å². The summed E-state index contributed by atoms with van der Waals surface area (Å²) in [6.07, 6.45) is 5.55. The maximum absolute atomic E-state index is 12.4. The number of aryl methyl sites for hydroxylation is 1. The summed E-state index contributed by atoms with van der Waals surface area (Å²) in [6, 6.07) is 6.49. The van der Waals surface area contributed by atoms with Gasteiger partial charge in [0, 0.05) is 57.3 Å². The molecule has 6 nitrogen and oxygen atoms in total. The average molecular weight is 365 g/mol. The summed E-state index contributed by atoms with van der Waals surface area (Å²) in [6.45, 7) is 9.70. The summed E-state index contributed by atoms with van der Waals surface area (Å²) in [5.41, 5.74) is 4.60. The third kappa shape index (κ3) is 3.61. The van der Waals surface area contributed by atoms with Crippen molar-refractivity contribution in [3.63, 3.8) is 0 Å². The molecule has 2 saturated heterocycles. The number of carbonyl (C=O) groups is 1. The molecule has 2 fully saturated rings. The van der Waals surface area contributed by atoms with Crippen LogP contribution in [0.3, 0.4) is 0 Å².